The van der Waals surface area contributed by atoms with Crippen LogP contribution in [0.1, 0.15) is 31.3 Å². The highest BCUT2D eigenvalue weighted by molar-refractivity contribution is 5.07. The van der Waals surface area contributed by atoms with Gasteiger partial charge in [0.1, 0.15) is 0 Å². The minimum absolute atomic E-state index is 0.0408. The van der Waals surface area contributed by atoms with Gasteiger partial charge in [0.05, 0.1) is 12.0 Å². The molecule has 0 fully saturated rings. The zero-order chi connectivity index (χ0) is 13.1. The summed E-state index contributed by atoms with van der Waals surface area (Å²) in [7, 11) is 1.96. The maximum atomic E-state index is 6.18. The van der Waals surface area contributed by atoms with Crippen molar-refractivity contribution in [3.8, 4) is 0 Å². The molecular weight excluding hydrogens is 226 g/mol. The summed E-state index contributed by atoms with van der Waals surface area (Å²) in [6, 6.07) is 2.08. The lowest BCUT2D eigenvalue weighted by atomic mass is 10.0. The molecule has 0 aliphatic carbocycles. The molecule has 1 atom stereocenters. The molecule has 2 aromatic heterocycles. The van der Waals surface area contributed by atoms with Gasteiger partial charge in [0.25, 0.3) is 0 Å². The van der Waals surface area contributed by atoms with E-state index in [1.165, 1.54) is 5.69 Å². The molecule has 0 amide bonds. The van der Waals surface area contributed by atoms with E-state index in [9.17, 15) is 0 Å². The molecule has 0 saturated heterocycles. The zero-order valence-corrected chi connectivity index (χ0v) is 11.2. The number of hydrogen-bond donors (Lipinski definition) is 1. The number of hydrogen-bond acceptors (Lipinski definition) is 3. The molecule has 0 aliphatic rings. The van der Waals surface area contributed by atoms with E-state index < -0.39 is 0 Å². The summed E-state index contributed by atoms with van der Waals surface area (Å²) < 4.78 is 4.04. The van der Waals surface area contributed by atoms with Crippen LogP contribution in [0.3, 0.4) is 0 Å². The van der Waals surface area contributed by atoms with Crippen LogP contribution >= 0.6 is 0 Å². The van der Waals surface area contributed by atoms with Gasteiger partial charge in [0.2, 0.25) is 0 Å². The maximum Gasteiger partial charge on any atom is 0.0948 e. The molecule has 2 aromatic rings. The standard InChI is InChI=1S/C13H21N5/c1-10(2)13(14)12-8-15-9-18(12)7-5-11-4-6-16-17(11)3/h4,6,8-10,13H,5,7,14H2,1-3H3. The summed E-state index contributed by atoms with van der Waals surface area (Å²) in [6.07, 6.45) is 6.48. The summed E-state index contributed by atoms with van der Waals surface area (Å²) in [4.78, 5) is 4.21. The van der Waals surface area contributed by atoms with E-state index in [2.05, 4.69) is 28.5 Å². The van der Waals surface area contributed by atoms with Crippen molar-refractivity contribution in [2.75, 3.05) is 0 Å². The average molecular weight is 247 g/mol. The first-order valence-corrected chi connectivity index (χ1v) is 6.32. The summed E-state index contributed by atoms with van der Waals surface area (Å²) in [5, 5.41) is 4.17. The van der Waals surface area contributed by atoms with E-state index in [-0.39, 0.29) is 6.04 Å². The lowest BCUT2D eigenvalue weighted by Gasteiger charge is -2.17. The topological polar surface area (TPSA) is 61.7 Å². The fourth-order valence-corrected chi connectivity index (χ4v) is 2.02. The largest absolute Gasteiger partial charge is 0.333 e. The number of nitrogens with two attached hydrogens (primary N) is 1. The first kappa shape index (κ1) is 12.8. The molecule has 0 spiro atoms. The Morgan fingerprint density at radius 1 is 1.39 bits per heavy atom. The van der Waals surface area contributed by atoms with Gasteiger partial charge in [-0.05, 0) is 12.0 Å². The highest BCUT2D eigenvalue weighted by atomic mass is 15.3. The second-order valence-electron chi connectivity index (χ2n) is 4.98. The molecule has 5 heteroatoms. The molecule has 18 heavy (non-hydrogen) atoms. The van der Waals surface area contributed by atoms with E-state index in [4.69, 9.17) is 5.73 Å². The molecule has 2 N–H and O–H groups in total. The molecule has 5 nitrogen and oxygen atoms in total. The number of imidazole rings is 1. The fraction of sp³-hybridized carbons (Fsp3) is 0.538. The van der Waals surface area contributed by atoms with Gasteiger partial charge >= 0.3 is 0 Å². The van der Waals surface area contributed by atoms with Crippen molar-refractivity contribution >= 4 is 0 Å². The van der Waals surface area contributed by atoms with Crippen LogP contribution in [0, 0.1) is 5.92 Å². The highest BCUT2D eigenvalue weighted by Gasteiger charge is 2.15. The Labute approximate surface area is 108 Å². The predicted molar refractivity (Wildman–Crippen MR) is 70.9 cm³/mol. The van der Waals surface area contributed by atoms with Crippen molar-refractivity contribution < 1.29 is 0 Å². The third-order valence-electron chi connectivity index (χ3n) is 3.34. The second-order valence-corrected chi connectivity index (χ2v) is 4.98. The summed E-state index contributed by atoms with van der Waals surface area (Å²) in [5.41, 5.74) is 8.50. The number of aryl methyl sites for hydroxylation is 3. The number of aromatic nitrogens is 4. The molecule has 0 bridgehead atoms. The maximum absolute atomic E-state index is 6.18. The Morgan fingerprint density at radius 3 is 2.78 bits per heavy atom. The van der Waals surface area contributed by atoms with Gasteiger partial charge in [-0.3, -0.25) is 4.68 Å². The minimum atomic E-state index is 0.0408. The van der Waals surface area contributed by atoms with Crippen molar-refractivity contribution in [3.05, 3.63) is 36.2 Å². The van der Waals surface area contributed by atoms with Crippen molar-refractivity contribution in [3.63, 3.8) is 0 Å². The summed E-state index contributed by atoms with van der Waals surface area (Å²) in [5.74, 6) is 0.414. The van der Waals surface area contributed by atoms with Crippen LogP contribution in [-0.4, -0.2) is 19.3 Å². The van der Waals surface area contributed by atoms with E-state index in [0.717, 1.165) is 18.7 Å². The smallest absolute Gasteiger partial charge is 0.0948 e. The first-order chi connectivity index (χ1) is 8.59. The quantitative estimate of drug-likeness (QED) is 0.871. The van der Waals surface area contributed by atoms with Gasteiger partial charge in [0.15, 0.2) is 0 Å². The van der Waals surface area contributed by atoms with Crippen LogP contribution in [0.25, 0.3) is 0 Å². The van der Waals surface area contributed by atoms with Crippen LogP contribution < -0.4 is 5.73 Å². The molecule has 98 valence electrons. The lowest BCUT2D eigenvalue weighted by Crippen LogP contribution is -2.21. The average Bonchev–Trinajstić information content (AvgIpc) is 2.94. The number of rotatable bonds is 5. The SMILES string of the molecule is CC(C)C(N)c1cncn1CCc1ccnn1C. The normalized spacial score (nSPS) is 13.2. The van der Waals surface area contributed by atoms with E-state index in [0.29, 0.717) is 5.92 Å². The van der Waals surface area contributed by atoms with Crippen molar-refractivity contribution in [2.45, 2.75) is 32.9 Å². The van der Waals surface area contributed by atoms with Gasteiger partial charge in [-0.2, -0.15) is 5.10 Å². The molecule has 2 heterocycles. The Bertz CT molecular complexity index is 497. The highest BCUT2D eigenvalue weighted by Crippen LogP contribution is 2.18. The van der Waals surface area contributed by atoms with E-state index in [1.807, 2.05) is 36.5 Å². The van der Waals surface area contributed by atoms with Crippen LogP contribution in [0.2, 0.25) is 0 Å². The molecule has 1 unspecified atom stereocenters. The van der Waals surface area contributed by atoms with Crippen LogP contribution in [0.4, 0.5) is 0 Å². The van der Waals surface area contributed by atoms with Gasteiger partial charge in [0, 0.05) is 44.1 Å². The molecule has 2 rings (SSSR count). The molecule has 0 saturated carbocycles. The minimum Gasteiger partial charge on any atom is -0.333 e. The molecule has 0 aromatic carbocycles. The third-order valence-corrected chi connectivity index (χ3v) is 3.34. The van der Waals surface area contributed by atoms with Gasteiger partial charge in [-0.15, -0.1) is 0 Å². The monoisotopic (exact) mass is 247 g/mol. The first-order valence-electron chi connectivity index (χ1n) is 6.32. The van der Waals surface area contributed by atoms with Gasteiger partial charge in [-0.1, -0.05) is 13.8 Å². The van der Waals surface area contributed by atoms with Crippen LogP contribution in [0.15, 0.2) is 24.8 Å². The Kier molecular flexibility index (Phi) is 3.81. The zero-order valence-electron chi connectivity index (χ0n) is 11.2. The Hall–Kier alpha value is -1.62. The van der Waals surface area contributed by atoms with Crippen molar-refractivity contribution in [2.24, 2.45) is 18.7 Å². The van der Waals surface area contributed by atoms with E-state index >= 15 is 0 Å². The van der Waals surface area contributed by atoms with Crippen LogP contribution in [-0.2, 0) is 20.0 Å². The Balaban J connectivity index is 2.06. The van der Waals surface area contributed by atoms with Crippen LogP contribution in [0.5, 0.6) is 0 Å². The van der Waals surface area contributed by atoms with E-state index in [1.54, 1.807) is 0 Å². The summed E-state index contributed by atoms with van der Waals surface area (Å²) in [6.45, 7) is 5.14. The Morgan fingerprint density at radius 2 is 2.17 bits per heavy atom. The molecule has 0 radical (unpaired) electrons. The second kappa shape index (κ2) is 5.35. The molecule has 0 aliphatic heterocycles. The predicted octanol–water partition coefficient (Wildman–Crippen LogP) is 1.52. The van der Waals surface area contributed by atoms with Crippen molar-refractivity contribution in [1.29, 1.82) is 0 Å². The fourth-order valence-electron chi connectivity index (χ4n) is 2.02. The molecular formula is C13H21N5. The van der Waals surface area contributed by atoms with Crippen molar-refractivity contribution in [1.82, 2.24) is 19.3 Å². The third kappa shape index (κ3) is 2.61. The lowest BCUT2D eigenvalue weighted by molar-refractivity contribution is 0.475. The summed E-state index contributed by atoms with van der Waals surface area (Å²) >= 11 is 0. The number of nitrogens with zero attached hydrogens (tertiary/aromatic N) is 4. The van der Waals surface area contributed by atoms with Gasteiger partial charge < -0.3 is 10.3 Å². The van der Waals surface area contributed by atoms with Gasteiger partial charge in [-0.25, -0.2) is 4.98 Å².